The average molecular weight is 343 g/mol. The lowest BCUT2D eigenvalue weighted by Gasteiger charge is -2.42. The molecule has 0 aliphatic carbocycles. The Bertz CT molecular complexity index is 859. The number of nitrogens with zero attached hydrogens (tertiary/aromatic N) is 2. The van der Waals surface area contributed by atoms with Gasteiger partial charge >= 0.3 is 0 Å². The average Bonchev–Trinajstić information content (AvgIpc) is 2.87. The summed E-state index contributed by atoms with van der Waals surface area (Å²) in [7, 11) is 0. The first-order chi connectivity index (χ1) is 11.1. The lowest BCUT2D eigenvalue weighted by molar-refractivity contribution is 0.300. The number of aromatic nitrogens is 1. The summed E-state index contributed by atoms with van der Waals surface area (Å²) in [6.45, 7) is 4.07. The van der Waals surface area contributed by atoms with E-state index in [0.717, 1.165) is 56.4 Å². The van der Waals surface area contributed by atoms with E-state index >= 15 is 0 Å². The number of rotatable bonds is 0. The van der Waals surface area contributed by atoms with Crippen LogP contribution in [-0.4, -0.2) is 22.4 Å². The Morgan fingerprint density at radius 2 is 2.13 bits per heavy atom. The second-order valence-corrected chi connectivity index (χ2v) is 8.54. The Labute approximate surface area is 143 Å². The summed E-state index contributed by atoms with van der Waals surface area (Å²) in [4.78, 5) is 6.78. The Balaban J connectivity index is 2.04. The molecule has 6 heteroatoms. The van der Waals surface area contributed by atoms with E-state index in [9.17, 15) is 5.26 Å². The van der Waals surface area contributed by atoms with Crippen LogP contribution in [0.25, 0.3) is 10.2 Å². The van der Waals surface area contributed by atoms with Crippen LogP contribution in [0, 0.1) is 36.5 Å². The molecule has 1 N–H and O–H groups in total. The van der Waals surface area contributed by atoms with Gasteiger partial charge in [-0.05, 0) is 49.8 Å². The summed E-state index contributed by atoms with van der Waals surface area (Å²) in [6.07, 6.45) is 1.86. The van der Waals surface area contributed by atoms with Gasteiger partial charge in [0, 0.05) is 11.1 Å². The Hall–Kier alpha value is -1.58. The molecule has 1 atom stereocenters. The molecular formula is C17H17N3OS2. The van der Waals surface area contributed by atoms with Crippen LogP contribution in [0.15, 0.2) is 6.07 Å². The first-order valence-corrected chi connectivity index (χ1v) is 9.69. The van der Waals surface area contributed by atoms with Crippen LogP contribution in [0.3, 0.4) is 0 Å². The predicted molar refractivity (Wildman–Crippen MR) is 94.8 cm³/mol. The van der Waals surface area contributed by atoms with Gasteiger partial charge in [-0.15, -0.1) is 11.3 Å². The van der Waals surface area contributed by atoms with Crippen LogP contribution in [0.2, 0.25) is 0 Å². The number of ether oxygens (including phenoxy) is 1. The van der Waals surface area contributed by atoms with Gasteiger partial charge in [-0.3, -0.25) is 5.41 Å². The van der Waals surface area contributed by atoms with Crippen molar-refractivity contribution in [2.75, 3.05) is 11.5 Å². The zero-order chi connectivity index (χ0) is 16.2. The smallest absolute Gasteiger partial charge is 0.205 e. The maximum Gasteiger partial charge on any atom is 0.205 e. The van der Waals surface area contributed by atoms with Crippen LogP contribution < -0.4 is 4.74 Å². The minimum Gasteiger partial charge on any atom is -0.440 e. The molecule has 1 spiro atoms. The Kier molecular flexibility index (Phi) is 3.40. The quantitative estimate of drug-likeness (QED) is 0.779. The van der Waals surface area contributed by atoms with Crippen LogP contribution in [0.4, 0.5) is 0 Å². The summed E-state index contributed by atoms with van der Waals surface area (Å²) in [5, 5.41) is 19.0. The van der Waals surface area contributed by atoms with E-state index in [4.69, 9.17) is 10.1 Å². The molecule has 2 aliphatic heterocycles. The standard InChI is InChI=1S/C17H17N3OS2/c1-9-7-10(2)20-16-12(9)13-14(23-16)17(3-5-22-6-4-17)11(8-18)15(19)21-13/h7,11,19H,3-6H2,1-2H3. The zero-order valence-electron chi connectivity index (χ0n) is 13.1. The second kappa shape index (κ2) is 5.22. The molecule has 2 aromatic rings. The van der Waals surface area contributed by atoms with Gasteiger partial charge in [-0.25, -0.2) is 4.98 Å². The van der Waals surface area contributed by atoms with Crippen molar-refractivity contribution >= 4 is 39.2 Å². The maximum absolute atomic E-state index is 9.69. The summed E-state index contributed by atoms with van der Waals surface area (Å²) >= 11 is 3.59. The summed E-state index contributed by atoms with van der Waals surface area (Å²) in [6, 6.07) is 4.41. The number of thiophene rings is 1. The highest BCUT2D eigenvalue weighted by Crippen LogP contribution is 2.56. The van der Waals surface area contributed by atoms with Crippen molar-refractivity contribution in [3.63, 3.8) is 0 Å². The first-order valence-electron chi connectivity index (χ1n) is 7.72. The number of thioether (sulfide) groups is 1. The molecule has 2 aliphatic rings. The number of nitrogens with one attached hydrogen (secondary N) is 1. The molecule has 0 bridgehead atoms. The highest BCUT2D eigenvalue weighted by atomic mass is 32.2. The van der Waals surface area contributed by atoms with Crippen molar-refractivity contribution in [3.05, 3.63) is 22.2 Å². The maximum atomic E-state index is 9.69. The van der Waals surface area contributed by atoms with Crippen molar-refractivity contribution in [1.82, 2.24) is 4.98 Å². The fourth-order valence-electron chi connectivity index (χ4n) is 3.82. The van der Waals surface area contributed by atoms with Crippen LogP contribution in [-0.2, 0) is 5.41 Å². The molecule has 0 saturated carbocycles. The number of nitriles is 1. The Morgan fingerprint density at radius 3 is 2.83 bits per heavy atom. The fraction of sp³-hybridized carbons (Fsp3) is 0.471. The lowest BCUT2D eigenvalue weighted by Crippen LogP contribution is -2.46. The van der Waals surface area contributed by atoms with E-state index < -0.39 is 5.92 Å². The number of hydrogen-bond donors (Lipinski definition) is 1. The van der Waals surface area contributed by atoms with Gasteiger partial charge in [0.15, 0.2) is 5.75 Å². The zero-order valence-corrected chi connectivity index (χ0v) is 14.7. The van der Waals surface area contributed by atoms with Crippen LogP contribution in [0.5, 0.6) is 5.75 Å². The van der Waals surface area contributed by atoms with Crippen molar-refractivity contribution in [2.45, 2.75) is 32.1 Å². The third-order valence-electron chi connectivity index (χ3n) is 4.94. The van der Waals surface area contributed by atoms with E-state index in [0.29, 0.717) is 0 Å². The summed E-state index contributed by atoms with van der Waals surface area (Å²) in [5.74, 6) is 2.48. The second-order valence-electron chi connectivity index (χ2n) is 6.32. The first kappa shape index (κ1) is 15.0. The minimum atomic E-state index is -0.481. The number of aryl methyl sites for hydroxylation is 2. The molecule has 2 aromatic heterocycles. The van der Waals surface area contributed by atoms with Crippen molar-refractivity contribution in [2.24, 2.45) is 5.92 Å². The van der Waals surface area contributed by atoms with Crippen molar-refractivity contribution < 1.29 is 4.74 Å². The fourth-order valence-corrected chi connectivity index (χ4v) is 6.54. The van der Waals surface area contributed by atoms with E-state index in [1.54, 1.807) is 11.3 Å². The van der Waals surface area contributed by atoms with Gasteiger partial charge < -0.3 is 4.74 Å². The third-order valence-corrected chi connectivity index (χ3v) is 7.21. The highest BCUT2D eigenvalue weighted by molar-refractivity contribution is 7.99. The monoisotopic (exact) mass is 343 g/mol. The van der Waals surface area contributed by atoms with E-state index in [1.165, 1.54) is 0 Å². The topological polar surface area (TPSA) is 69.8 Å². The van der Waals surface area contributed by atoms with Gasteiger partial charge in [0.2, 0.25) is 5.90 Å². The van der Waals surface area contributed by atoms with E-state index in [-0.39, 0.29) is 11.3 Å². The van der Waals surface area contributed by atoms with E-state index in [2.05, 4.69) is 24.0 Å². The van der Waals surface area contributed by atoms with Crippen molar-refractivity contribution in [3.8, 4) is 11.8 Å². The van der Waals surface area contributed by atoms with Gasteiger partial charge in [0.25, 0.3) is 0 Å². The molecular weight excluding hydrogens is 326 g/mol. The third kappa shape index (κ3) is 2.03. The molecule has 23 heavy (non-hydrogen) atoms. The molecule has 0 radical (unpaired) electrons. The number of fused-ring (bicyclic) bond motifs is 4. The SMILES string of the molecule is Cc1cc(C)c2c3c(sc2n1)C1(CCSCC1)C(C#N)C(=N)O3. The van der Waals surface area contributed by atoms with Gasteiger partial charge in [-0.2, -0.15) is 17.0 Å². The minimum absolute atomic E-state index is 0.103. The highest BCUT2D eigenvalue weighted by Gasteiger charge is 2.51. The molecule has 4 heterocycles. The molecule has 1 fully saturated rings. The summed E-state index contributed by atoms with van der Waals surface area (Å²) in [5.41, 5.74) is 1.86. The number of hydrogen-bond acceptors (Lipinski definition) is 6. The largest absolute Gasteiger partial charge is 0.440 e. The molecule has 4 rings (SSSR count). The molecule has 1 unspecified atom stereocenters. The Morgan fingerprint density at radius 1 is 1.39 bits per heavy atom. The van der Waals surface area contributed by atoms with Gasteiger partial charge in [0.05, 0.1) is 16.3 Å². The number of pyridine rings is 1. The van der Waals surface area contributed by atoms with Crippen LogP contribution >= 0.6 is 23.1 Å². The molecule has 0 amide bonds. The molecule has 1 saturated heterocycles. The molecule has 4 nitrogen and oxygen atoms in total. The van der Waals surface area contributed by atoms with Gasteiger partial charge in [-0.1, -0.05) is 0 Å². The summed E-state index contributed by atoms with van der Waals surface area (Å²) < 4.78 is 5.86. The molecule has 0 aromatic carbocycles. The molecule has 118 valence electrons. The van der Waals surface area contributed by atoms with Gasteiger partial charge in [0.1, 0.15) is 10.7 Å². The van der Waals surface area contributed by atoms with Crippen LogP contribution in [0.1, 0.15) is 29.0 Å². The normalized spacial score (nSPS) is 22.7. The predicted octanol–water partition coefficient (Wildman–Crippen LogP) is 4.19. The van der Waals surface area contributed by atoms with E-state index in [1.807, 2.05) is 18.7 Å². The lowest BCUT2D eigenvalue weighted by atomic mass is 9.68. The van der Waals surface area contributed by atoms with Crippen molar-refractivity contribution in [1.29, 1.82) is 10.7 Å².